The molecule has 0 saturated heterocycles. The summed E-state index contributed by atoms with van der Waals surface area (Å²) in [5.41, 5.74) is 7.22. The predicted octanol–water partition coefficient (Wildman–Crippen LogP) is 2.00. The molecule has 0 aromatic heterocycles. The Hall–Kier alpha value is -0.860. The number of rotatable bonds is 6. The molecule has 2 nitrogen and oxygen atoms in total. The summed E-state index contributed by atoms with van der Waals surface area (Å²) in [6.45, 7) is 1.89. The maximum absolute atomic E-state index is 5.48. The van der Waals surface area contributed by atoms with Crippen LogP contribution in [0.4, 0.5) is 0 Å². The van der Waals surface area contributed by atoms with E-state index in [9.17, 15) is 0 Å². The summed E-state index contributed by atoms with van der Waals surface area (Å²) in [4.78, 5) is 0. The highest BCUT2D eigenvalue weighted by molar-refractivity contribution is 5.29. The van der Waals surface area contributed by atoms with E-state index in [4.69, 9.17) is 5.73 Å². The highest BCUT2D eigenvalue weighted by Crippen LogP contribution is 2.45. The van der Waals surface area contributed by atoms with Crippen molar-refractivity contribution in [1.82, 2.24) is 5.32 Å². The van der Waals surface area contributed by atoms with Crippen molar-refractivity contribution < 1.29 is 0 Å². The molecule has 82 valence electrons. The van der Waals surface area contributed by atoms with E-state index >= 15 is 0 Å². The average Bonchev–Trinajstić information content (AvgIpc) is 3.07. The number of unbranched alkanes of at least 4 members (excludes halogenated alkanes) is 1. The molecule has 0 atom stereocenters. The topological polar surface area (TPSA) is 38.0 Å². The Morgan fingerprint density at radius 3 is 2.47 bits per heavy atom. The van der Waals surface area contributed by atoms with Crippen LogP contribution in [0.1, 0.15) is 31.2 Å². The van der Waals surface area contributed by atoms with Crippen molar-refractivity contribution in [3.63, 3.8) is 0 Å². The highest BCUT2D eigenvalue weighted by atomic mass is 15.0. The third-order valence-corrected chi connectivity index (χ3v) is 3.17. The van der Waals surface area contributed by atoms with Gasteiger partial charge in [-0.25, -0.2) is 0 Å². The van der Waals surface area contributed by atoms with Crippen molar-refractivity contribution in [2.45, 2.75) is 31.2 Å². The number of nitrogens with one attached hydrogen (secondary N) is 1. The highest BCUT2D eigenvalue weighted by Gasteiger charge is 2.43. The molecule has 1 aliphatic carbocycles. The number of hydrogen-bond acceptors (Lipinski definition) is 2. The van der Waals surface area contributed by atoms with Crippen LogP contribution in [-0.2, 0) is 5.54 Å². The van der Waals surface area contributed by atoms with Crippen molar-refractivity contribution in [1.29, 1.82) is 0 Å². The largest absolute Gasteiger partial charge is 0.330 e. The van der Waals surface area contributed by atoms with E-state index in [2.05, 4.69) is 35.6 Å². The van der Waals surface area contributed by atoms with E-state index in [1.807, 2.05) is 0 Å². The van der Waals surface area contributed by atoms with Gasteiger partial charge in [0.1, 0.15) is 0 Å². The number of hydrogen-bond donors (Lipinski definition) is 2. The molecule has 1 aromatic rings. The van der Waals surface area contributed by atoms with Crippen LogP contribution in [-0.4, -0.2) is 13.1 Å². The van der Waals surface area contributed by atoms with Crippen LogP contribution in [0.3, 0.4) is 0 Å². The number of benzene rings is 1. The summed E-state index contributed by atoms with van der Waals surface area (Å²) >= 11 is 0. The lowest BCUT2D eigenvalue weighted by Crippen LogP contribution is -2.30. The molecule has 0 radical (unpaired) electrons. The van der Waals surface area contributed by atoms with E-state index in [-0.39, 0.29) is 0 Å². The van der Waals surface area contributed by atoms with Crippen LogP contribution < -0.4 is 11.1 Å². The molecule has 1 aromatic carbocycles. The maximum atomic E-state index is 5.48. The van der Waals surface area contributed by atoms with Crippen LogP contribution in [0.5, 0.6) is 0 Å². The predicted molar refractivity (Wildman–Crippen MR) is 63.6 cm³/mol. The second-order valence-corrected chi connectivity index (χ2v) is 4.37. The molecule has 2 rings (SSSR count). The third-order valence-electron chi connectivity index (χ3n) is 3.17. The van der Waals surface area contributed by atoms with E-state index < -0.39 is 0 Å². The van der Waals surface area contributed by atoms with Gasteiger partial charge in [-0.15, -0.1) is 0 Å². The van der Waals surface area contributed by atoms with Crippen LogP contribution in [0, 0.1) is 0 Å². The first-order valence-electron chi connectivity index (χ1n) is 5.88. The minimum absolute atomic E-state index is 0.301. The minimum Gasteiger partial charge on any atom is -0.330 e. The zero-order chi connectivity index (χ0) is 10.6. The van der Waals surface area contributed by atoms with E-state index in [0.717, 1.165) is 19.5 Å². The summed E-state index contributed by atoms with van der Waals surface area (Å²) in [7, 11) is 0. The molecule has 0 unspecified atom stereocenters. The minimum atomic E-state index is 0.301. The quantitative estimate of drug-likeness (QED) is 0.696. The van der Waals surface area contributed by atoms with Crippen molar-refractivity contribution >= 4 is 0 Å². The van der Waals surface area contributed by atoms with Gasteiger partial charge in [0.15, 0.2) is 0 Å². The van der Waals surface area contributed by atoms with Gasteiger partial charge in [0.2, 0.25) is 0 Å². The van der Waals surface area contributed by atoms with Gasteiger partial charge in [-0.3, -0.25) is 0 Å². The lowest BCUT2D eigenvalue weighted by Gasteiger charge is -2.17. The van der Waals surface area contributed by atoms with Crippen LogP contribution >= 0.6 is 0 Å². The standard InChI is InChI=1S/C13H20N2/c14-10-4-5-11-15-13(8-9-13)12-6-2-1-3-7-12/h1-3,6-7,15H,4-5,8-11,14H2. The maximum Gasteiger partial charge on any atom is 0.0436 e. The van der Waals surface area contributed by atoms with Crippen molar-refractivity contribution in [3.05, 3.63) is 35.9 Å². The second kappa shape index (κ2) is 4.77. The zero-order valence-electron chi connectivity index (χ0n) is 9.21. The SMILES string of the molecule is NCCCCNC1(c2ccccc2)CC1. The Balaban J connectivity index is 1.86. The monoisotopic (exact) mass is 204 g/mol. The molecule has 15 heavy (non-hydrogen) atoms. The Morgan fingerprint density at radius 2 is 1.87 bits per heavy atom. The molecule has 0 amide bonds. The van der Waals surface area contributed by atoms with Crippen LogP contribution in [0.2, 0.25) is 0 Å². The lowest BCUT2D eigenvalue weighted by atomic mass is 10.1. The van der Waals surface area contributed by atoms with Crippen molar-refractivity contribution in [2.24, 2.45) is 5.73 Å². The van der Waals surface area contributed by atoms with Crippen LogP contribution in [0.15, 0.2) is 30.3 Å². The molecule has 2 heteroatoms. The summed E-state index contributed by atoms with van der Waals surface area (Å²) < 4.78 is 0. The van der Waals surface area contributed by atoms with Gasteiger partial charge < -0.3 is 11.1 Å². The molecular formula is C13H20N2. The third kappa shape index (κ3) is 2.58. The normalized spacial score (nSPS) is 17.7. The summed E-state index contributed by atoms with van der Waals surface area (Å²) in [5, 5.41) is 3.67. The molecule has 1 aliphatic rings. The molecule has 3 N–H and O–H groups in total. The molecule has 0 aliphatic heterocycles. The fourth-order valence-electron chi connectivity index (χ4n) is 2.05. The summed E-state index contributed by atoms with van der Waals surface area (Å²) in [6.07, 6.45) is 4.86. The lowest BCUT2D eigenvalue weighted by molar-refractivity contribution is 0.503. The van der Waals surface area contributed by atoms with Crippen molar-refractivity contribution in [2.75, 3.05) is 13.1 Å². The first-order chi connectivity index (χ1) is 7.37. The first-order valence-corrected chi connectivity index (χ1v) is 5.88. The van der Waals surface area contributed by atoms with E-state index in [1.165, 1.54) is 24.8 Å². The second-order valence-electron chi connectivity index (χ2n) is 4.37. The van der Waals surface area contributed by atoms with Gasteiger partial charge in [-0.05, 0) is 44.3 Å². The first kappa shape index (κ1) is 10.7. The van der Waals surface area contributed by atoms with Gasteiger partial charge in [-0.1, -0.05) is 30.3 Å². The van der Waals surface area contributed by atoms with Gasteiger partial charge in [0, 0.05) is 5.54 Å². The van der Waals surface area contributed by atoms with Gasteiger partial charge >= 0.3 is 0 Å². The smallest absolute Gasteiger partial charge is 0.0436 e. The fourth-order valence-corrected chi connectivity index (χ4v) is 2.05. The van der Waals surface area contributed by atoms with Crippen LogP contribution in [0.25, 0.3) is 0 Å². The Morgan fingerprint density at radius 1 is 1.13 bits per heavy atom. The molecule has 0 spiro atoms. The van der Waals surface area contributed by atoms with Gasteiger partial charge in [0.25, 0.3) is 0 Å². The molecule has 0 heterocycles. The molecule has 1 saturated carbocycles. The Labute approximate surface area is 91.9 Å². The van der Waals surface area contributed by atoms with E-state index in [0.29, 0.717) is 5.54 Å². The summed E-state index contributed by atoms with van der Waals surface area (Å²) in [5.74, 6) is 0. The Bertz CT molecular complexity index is 291. The average molecular weight is 204 g/mol. The van der Waals surface area contributed by atoms with Gasteiger partial charge in [0.05, 0.1) is 0 Å². The van der Waals surface area contributed by atoms with Crippen molar-refractivity contribution in [3.8, 4) is 0 Å². The molecule has 0 bridgehead atoms. The van der Waals surface area contributed by atoms with Gasteiger partial charge in [-0.2, -0.15) is 0 Å². The molecular weight excluding hydrogens is 184 g/mol. The number of nitrogens with two attached hydrogens (primary N) is 1. The summed E-state index contributed by atoms with van der Waals surface area (Å²) in [6, 6.07) is 10.8. The Kier molecular flexibility index (Phi) is 3.39. The molecule has 1 fully saturated rings. The zero-order valence-corrected chi connectivity index (χ0v) is 9.21. The van der Waals surface area contributed by atoms with E-state index in [1.54, 1.807) is 0 Å². The fraction of sp³-hybridized carbons (Fsp3) is 0.538.